The van der Waals surface area contributed by atoms with E-state index in [1.807, 2.05) is 0 Å². The van der Waals surface area contributed by atoms with Crippen molar-refractivity contribution in [3.8, 4) is 0 Å². The maximum Gasteiger partial charge on any atom is 0.157 e. The molecular formula is C14H26O2. The Bertz CT molecular complexity index is 199. The van der Waals surface area contributed by atoms with Crippen molar-refractivity contribution in [1.29, 1.82) is 0 Å². The minimum Gasteiger partial charge on any atom is -0.353 e. The van der Waals surface area contributed by atoms with Gasteiger partial charge < -0.3 is 9.47 Å². The van der Waals surface area contributed by atoms with Crippen LogP contribution in [0.25, 0.3) is 0 Å². The van der Waals surface area contributed by atoms with E-state index in [0.29, 0.717) is 6.10 Å². The van der Waals surface area contributed by atoms with Crippen LogP contribution in [0.15, 0.2) is 12.2 Å². The van der Waals surface area contributed by atoms with E-state index in [2.05, 4.69) is 32.9 Å². The lowest BCUT2D eigenvalue weighted by Crippen LogP contribution is -2.32. The Balaban J connectivity index is 2.21. The average Bonchev–Trinajstić information content (AvgIpc) is 2.27. The SMILES string of the molecule is CC/C=C/C[C@@H]1CCO[C@H](CCC(C)C)O1. The topological polar surface area (TPSA) is 18.5 Å². The summed E-state index contributed by atoms with van der Waals surface area (Å²) < 4.78 is 11.5. The van der Waals surface area contributed by atoms with Gasteiger partial charge in [0.05, 0.1) is 12.7 Å². The molecule has 0 radical (unpaired) electrons. The Kier molecular flexibility index (Phi) is 6.74. The van der Waals surface area contributed by atoms with Gasteiger partial charge in [-0.3, -0.25) is 0 Å². The number of hydrogen-bond donors (Lipinski definition) is 0. The normalized spacial score (nSPS) is 26.8. The molecule has 1 aliphatic rings. The van der Waals surface area contributed by atoms with Gasteiger partial charge in [-0.05, 0) is 38.0 Å². The maximum atomic E-state index is 5.91. The predicted octanol–water partition coefficient (Wildman–Crippen LogP) is 3.91. The van der Waals surface area contributed by atoms with Crippen molar-refractivity contribution >= 4 is 0 Å². The number of ether oxygens (including phenoxy) is 2. The van der Waals surface area contributed by atoms with E-state index in [4.69, 9.17) is 9.47 Å². The molecule has 0 aromatic rings. The van der Waals surface area contributed by atoms with Crippen molar-refractivity contribution < 1.29 is 9.47 Å². The molecule has 0 bridgehead atoms. The van der Waals surface area contributed by atoms with Gasteiger partial charge in [-0.1, -0.05) is 32.9 Å². The van der Waals surface area contributed by atoms with E-state index >= 15 is 0 Å². The molecule has 0 saturated carbocycles. The Labute approximate surface area is 100 Å². The highest BCUT2D eigenvalue weighted by atomic mass is 16.7. The van der Waals surface area contributed by atoms with Crippen molar-refractivity contribution in [1.82, 2.24) is 0 Å². The molecule has 1 rings (SSSR count). The molecule has 1 heterocycles. The van der Waals surface area contributed by atoms with E-state index in [1.54, 1.807) is 0 Å². The van der Waals surface area contributed by atoms with Crippen LogP contribution in [-0.2, 0) is 9.47 Å². The zero-order valence-electron chi connectivity index (χ0n) is 10.9. The summed E-state index contributed by atoms with van der Waals surface area (Å²) in [6, 6.07) is 0. The Hall–Kier alpha value is -0.340. The first-order chi connectivity index (χ1) is 7.72. The van der Waals surface area contributed by atoms with Crippen LogP contribution in [-0.4, -0.2) is 19.0 Å². The lowest BCUT2D eigenvalue weighted by molar-refractivity contribution is -0.214. The van der Waals surface area contributed by atoms with Gasteiger partial charge in [0, 0.05) is 0 Å². The van der Waals surface area contributed by atoms with Gasteiger partial charge in [0.1, 0.15) is 0 Å². The van der Waals surface area contributed by atoms with Gasteiger partial charge >= 0.3 is 0 Å². The fourth-order valence-electron chi connectivity index (χ4n) is 1.86. The van der Waals surface area contributed by atoms with Gasteiger partial charge in [-0.25, -0.2) is 0 Å². The fraction of sp³-hybridized carbons (Fsp3) is 0.857. The number of rotatable bonds is 6. The van der Waals surface area contributed by atoms with Crippen molar-refractivity contribution in [2.24, 2.45) is 5.92 Å². The van der Waals surface area contributed by atoms with Crippen LogP contribution >= 0.6 is 0 Å². The summed E-state index contributed by atoms with van der Waals surface area (Å²) in [6.07, 6.45) is 10.2. The Morgan fingerprint density at radius 3 is 2.81 bits per heavy atom. The van der Waals surface area contributed by atoms with E-state index in [-0.39, 0.29) is 6.29 Å². The molecule has 1 fully saturated rings. The molecule has 0 aromatic heterocycles. The molecule has 0 N–H and O–H groups in total. The molecular weight excluding hydrogens is 200 g/mol. The molecule has 2 nitrogen and oxygen atoms in total. The smallest absolute Gasteiger partial charge is 0.157 e. The third-order valence-electron chi connectivity index (χ3n) is 2.87. The van der Waals surface area contributed by atoms with Crippen molar-refractivity contribution in [3.05, 3.63) is 12.2 Å². The summed E-state index contributed by atoms with van der Waals surface area (Å²) in [4.78, 5) is 0. The van der Waals surface area contributed by atoms with E-state index in [9.17, 15) is 0 Å². The highest BCUT2D eigenvalue weighted by Crippen LogP contribution is 2.20. The highest BCUT2D eigenvalue weighted by molar-refractivity contribution is 4.84. The molecule has 94 valence electrons. The first kappa shape index (κ1) is 13.7. The largest absolute Gasteiger partial charge is 0.353 e. The van der Waals surface area contributed by atoms with Crippen molar-refractivity contribution in [3.63, 3.8) is 0 Å². The van der Waals surface area contributed by atoms with Gasteiger partial charge in [0.2, 0.25) is 0 Å². The summed E-state index contributed by atoms with van der Waals surface area (Å²) in [5.41, 5.74) is 0. The predicted molar refractivity (Wildman–Crippen MR) is 67.4 cm³/mol. The van der Waals surface area contributed by atoms with Crippen LogP contribution < -0.4 is 0 Å². The van der Waals surface area contributed by atoms with E-state index in [0.717, 1.165) is 38.2 Å². The second kappa shape index (κ2) is 7.86. The summed E-state index contributed by atoms with van der Waals surface area (Å²) in [5.74, 6) is 0.729. The van der Waals surface area contributed by atoms with Gasteiger partial charge in [0.15, 0.2) is 6.29 Å². The zero-order chi connectivity index (χ0) is 11.8. The maximum absolute atomic E-state index is 5.91. The second-order valence-electron chi connectivity index (χ2n) is 4.93. The minimum atomic E-state index is 0.0381. The first-order valence-electron chi connectivity index (χ1n) is 6.64. The average molecular weight is 226 g/mol. The molecule has 1 aliphatic heterocycles. The molecule has 0 spiro atoms. The van der Waals surface area contributed by atoms with Crippen molar-refractivity contribution in [2.75, 3.05) is 6.61 Å². The summed E-state index contributed by atoms with van der Waals surface area (Å²) in [6.45, 7) is 7.49. The fourth-order valence-corrected chi connectivity index (χ4v) is 1.86. The Morgan fingerprint density at radius 2 is 2.12 bits per heavy atom. The van der Waals surface area contributed by atoms with E-state index in [1.165, 1.54) is 6.42 Å². The minimum absolute atomic E-state index is 0.0381. The zero-order valence-corrected chi connectivity index (χ0v) is 10.9. The van der Waals surface area contributed by atoms with Crippen LogP contribution in [0.5, 0.6) is 0 Å². The molecule has 16 heavy (non-hydrogen) atoms. The first-order valence-corrected chi connectivity index (χ1v) is 6.64. The number of hydrogen-bond acceptors (Lipinski definition) is 2. The lowest BCUT2D eigenvalue weighted by atomic mass is 10.1. The third kappa shape index (κ3) is 5.66. The van der Waals surface area contributed by atoms with Crippen LogP contribution in [0.4, 0.5) is 0 Å². The van der Waals surface area contributed by atoms with E-state index < -0.39 is 0 Å². The van der Waals surface area contributed by atoms with Crippen LogP contribution in [0.2, 0.25) is 0 Å². The molecule has 2 heteroatoms. The molecule has 0 amide bonds. The standard InChI is InChI=1S/C14H26O2/c1-4-5-6-7-13-10-11-15-14(16-13)9-8-12(2)3/h5-6,12-14H,4,7-11H2,1-3H3/b6-5+/t13-,14+/m1/s1. The quantitative estimate of drug-likeness (QED) is 0.639. The van der Waals surface area contributed by atoms with Crippen molar-refractivity contribution in [2.45, 2.75) is 65.3 Å². The van der Waals surface area contributed by atoms with Crippen LogP contribution in [0.1, 0.15) is 52.9 Å². The monoisotopic (exact) mass is 226 g/mol. The van der Waals surface area contributed by atoms with Gasteiger partial charge in [0.25, 0.3) is 0 Å². The highest BCUT2D eigenvalue weighted by Gasteiger charge is 2.21. The summed E-state index contributed by atoms with van der Waals surface area (Å²) >= 11 is 0. The molecule has 1 saturated heterocycles. The van der Waals surface area contributed by atoms with Crippen LogP contribution in [0.3, 0.4) is 0 Å². The van der Waals surface area contributed by atoms with Gasteiger partial charge in [-0.15, -0.1) is 0 Å². The lowest BCUT2D eigenvalue weighted by Gasteiger charge is -2.30. The molecule has 0 aromatic carbocycles. The number of allylic oxidation sites excluding steroid dienone is 1. The third-order valence-corrected chi connectivity index (χ3v) is 2.87. The van der Waals surface area contributed by atoms with Crippen LogP contribution in [0, 0.1) is 5.92 Å². The molecule has 2 atom stereocenters. The molecule has 0 aliphatic carbocycles. The molecule has 0 unspecified atom stereocenters. The Morgan fingerprint density at radius 1 is 1.31 bits per heavy atom. The summed E-state index contributed by atoms with van der Waals surface area (Å²) in [7, 11) is 0. The van der Waals surface area contributed by atoms with Gasteiger partial charge in [-0.2, -0.15) is 0 Å². The summed E-state index contributed by atoms with van der Waals surface area (Å²) in [5, 5.41) is 0. The second-order valence-corrected chi connectivity index (χ2v) is 4.93.